The average molecular weight is 235 g/mol. The van der Waals surface area contributed by atoms with Crippen LogP contribution in [0.4, 0.5) is 19.1 Å². The van der Waals surface area contributed by atoms with Gasteiger partial charge in [0.1, 0.15) is 0 Å². The van der Waals surface area contributed by atoms with Crippen LogP contribution < -0.4 is 10.5 Å². The first-order chi connectivity index (χ1) is 7.34. The van der Waals surface area contributed by atoms with Crippen LogP contribution in [-0.2, 0) is 6.18 Å². The lowest BCUT2D eigenvalue weighted by Crippen LogP contribution is -2.26. The van der Waals surface area contributed by atoms with Crippen molar-refractivity contribution in [2.24, 2.45) is 0 Å². The lowest BCUT2D eigenvalue weighted by molar-refractivity contribution is -0.141. The number of nitrogens with one attached hydrogen (secondary N) is 1. The molecule has 0 atom stereocenters. The number of hydrogen-bond donors (Lipinski definition) is 1. The second-order valence-electron chi connectivity index (χ2n) is 3.37. The molecule has 0 bridgehead atoms. The summed E-state index contributed by atoms with van der Waals surface area (Å²) in [6.07, 6.45) is -3.85. The van der Waals surface area contributed by atoms with E-state index < -0.39 is 17.4 Å². The fourth-order valence-corrected chi connectivity index (χ4v) is 1.21. The highest BCUT2D eigenvalue weighted by Crippen LogP contribution is 2.27. The van der Waals surface area contributed by atoms with Gasteiger partial charge in [-0.25, -0.2) is 4.98 Å². The Bertz CT molecular complexity index is 413. The molecule has 0 aromatic carbocycles. The van der Waals surface area contributed by atoms with Crippen molar-refractivity contribution in [3.8, 4) is 0 Å². The lowest BCUT2D eigenvalue weighted by atomic mass is 10.4. The molecule has 4 nitrogen and oxygen atoms in total. The zero-order chi connectivity index (χ0) is 12.3. The molecule has 7 heteroatoms. The van der Waals surface area contributed by atoms with E-state index in [0.717, 1.165) is 6.42 Å². The van der Waals surface area contributed by atoms with Gasteiger partial charge in [0.05, 0.1) is 0 Å². The molecule has 0 amide bonds. The van der Waals surface area contributed by atoms with E-state index in [0.29, 0.717) is 12.6 Å². The minimum Gasteiger partial charge on any atom is -0.345 e. The van der Waals surface area contributed by atoms with Gasteiger partial charge in [0.25, 0.3) is 5.56 Å². The number of nitrogens with zero attached hydrogens (tertiary/aromatic N) is 2. The van der Waals surface area contributed by atoms with Gasteiger partial charge in [0.15, 0.2) is 5.69 Å². The predicted octanol–water partition coefficient (Wildman–Crippen LogP) is 1.63. The molecule has 0 fully saturated rings. The van der Waals surface area contributed by atoms with Gasteiger partial charge in [-0.15, -0.1) is 0 Å². The Morgan fingerprint density at radius 3 is 2.62 bits per heavy atom. The molecule has 1 N–H and O–H groups in total. The quantitative estimate of drug-likeness (QED) is 0.866. The van der Waals surface area contributed by atoms with Crippen LogP contribution in [0.5, 0.6) is 0 Å². The van der Waals surface area contributed by atoms with Gasteiger partial charge in [-0.05, 0) is 6.42 Å². The van der Waals surface area contributed by atoms with Crippen LogP contribution in [0.1, 0.15) is 19.0 Å². The highest BCUT2D eigenvalue weighted by Gasteiger charge is 2.33. The third kappa shape index (κ3) is 2.98. The van der Waals surface area contributed by atoms with E-state index >= 15 is 0 Å². The number of H-pyrrole nitrogens is 1. The number of hydrogen-bond acceptors (Lipinski definition) is 3. The molecule has 1 aromatic rings. The summed E-state index contributed by atoms with van der Waals surface area (Å²) < 4.78 is 37.1. The molecule has 16 heavy (non-hydrogen) atoms. The summed E-state index contributed by atoms with van der Waals surface area (Å²) in [6, 6.07) is 0.448. The summed E-state index contributed by atoms with van der Waals surface area (Å²) in [5.74, 6) is -0.0679. The van der Waals surface area contributed by atoms with Gasteiger partial charge in [-0.1, -0.05) is 6.92 Å². The van der Waals surface area contributed by atoms with Gasteiger partial charge in [-0.2, -0.15) is 13.2 Å². The van der Waals surface area contributed by atoms with Crippen LogP contribution in [0.2, 0.25) is 0 Å². The van der Waals surface area contributed by atoms with Crippen molar-refractivity contribution in [3.63, 3.8) is 0 Å². The monoisotopic (exact) mass is 235 g/mol. The molecule has 1 aromatic heterocycles. The van der Waals surface area contributed by atoms with E-state index in [1.54, 1.807) is 7.05 Å². The molecule has 0 radical (unpaired) electrons. The van der Waals surface area contributed by atoms with Gasteiger partial charge in [-0.3, -0.25) is 9.78 Å². The first-order valence-corrected chi connectivity index (χ1v) is 4.74. The Labute approximate surface area is 90.1 Å². The molecule has 0 aliphatic rings. The zero-order valence-electron chi connectivity index (χ0n) is 8.93. The topological polar surface area (TPSA) is 49.0 Å². The summed E-state index contributed by atoms with van der Waals surface area (Å²) in [6.45, 7) is 2.40. The predicted molar refractivity (Wildman–Crippen MR) is 53.4 cm³/mol. The molecule has 90 valence electrons. The minimum atomic E-state index is -4.60. The van der Waals surface area contributed by atoms with Crippen molar-refractivity contribution in [3.05, 3.63) is 22.1 Å². The maximum Gasteiger partial charge on any atom is 0.433 e. The highest BCUT2D eigenvalue weighted by molar-refractivity contribution is 5.29. The van der Waals surface area contributed by atoms with Crippen molar-refractivity contribution < 1.29 is 13.2 Å². The van der Waals surface area contributed by atoms with E-state index in [2.05, 4.69) is 9.97 Å². The Kier molecular flexibility index (Phi) is 3.56. The van der Waals surface area contributed by atoms with E-state index in [-0.39, 0.29) is 5.95 Å². The normalized spacial score (nSPS) is 11.6. The number of aromatic nitrogens is 2. The minimum absolute atomic E-state index is 0.0679. The Balaban J connectivity index is 3.13. The van der Waals surface area contributed by atoms with Gasteiger partial charge >= 0.3 is 6.18 Å². The number of anilines is 1. The summed E-state index contributed by atoms with van der Waals surface area (Å²) in [5, 5.41) is 0. The number of rotatable bonds is 3. The summed E-state index contributed by atoms with van der Waals surface area (Å²) in [4.78, 5) is 18.1. The molecule has 0 saturated carbocycles. The Morgan fingerprint density at radius 2 is 2.12 bits per heavy atom. The second-order valence-corrected chi connectivity index (χ2v) is 3.37. The summed E-state index contributed by atoms with van der Waals surface area (Å²) >= 11 is 0. The molecule has 0 aliphatic heterocycles. The maximum absolute atomic E-state index is 12.4. The van der Waals surface area contributed by atoms with Crippen molar-refractivity contribution in [1.82, 2.24) is 9.97 Å². The number of alkyl halides is 3. The van der Waals surface area contributed by atoms with Gasteiger partial charge in [0.2, 0.25) is 5.95 Å². The van der Waals surface area contributed by atoms with E-state index in [4.69, 9.17) is 0 Å². The van der Waals surface area contributed by atoms with Crippen molar-refractivity contribution in [2.45, 2.75) is 19.5 Å². The third-order valence-corrected chi connectivity index (χ3v) is 1.94. The van der Waals surface area contributed by atoms with Crippen LogP contribution in [0, 0.1) is 0 Å². The zero-order valence-corrected chi connectivity index (χ0v) is 8.93. The van der Waals surface area contributed by atoms with E-state index in [9.17, 15) is 18.0 Å². The molecule has 1 heterocycles. The summed E-state index contributed by atoms with van der Waals surface area (Å²) in [7, 11) is 1.57. The van der Waals surface area contributed by atoms with E-state index in [1.807, 2.05) is 6.92 Å². The first kappa shape index (κ1) is 12.5. The standard InChI is InChI=1S/C9H12F3N3O/c1-3-4-15(2)8-13-6(9(10,11)12)5-7(16)14-8/h5H,3-4H2,1-2H3,(H,13,14,16). The van der Waals surface area contributed by atoms with Crippen LogP contribution in [-0.4, -0.2) is 23.6 Å². The fraction of sp³-hybridized carbons (Fsp3) is 0.556. The number of aromatic amines is 1. The van der Waals surface area contributed by atoms with Gasteiger partial charge in [0, 0.05) is 19.7 Å². The van der Waals surface area contributed by atoms with Crippen LogP contribution >= 0.6 is 0 Å². The molecule has 0 spiro atoms. The average Bonchev–Trinajstić information content (AvgIpc) is 2.16. The van der Waals surface area contributed by atoms with Crippen molar-refractivity contribution >= 4 is 5.95 Å². The van der Waals surface area contributed by atoms with Crippen molar-refractivity contribution in [1.29, 1.82) is 0 Å². The SMILES string of the molecule is CCCN(C)c1nc(C(F)(F)F)cc(=O)[nH]1. The molecular formula is C9H12F3N3O. The summed E-state index contributed by atoms with van der Waals surface area (Å²) in [5.41, 5.74) is -1.98. The van der Waals surface area contributed by atoms with Crippen LogP contribution in [0.15, 0.2) is 10.9 Å². The molecule has 1 rings (SSSR count). The lowest BCUT2D eigenvalue weighted by Gasteiger charge is -2.17. The molecular weight excluding hydrogens is 223 g/mol. The Hall–Kier alpha value is -1.53. The number of halogens is 3. The van der Waals surface area contributed by atoms with Crippen LogP contribution in [0.3, 0.4) is 0 Å². The molecule has 0 unspecified atom stereocenters. The van der Waals surface area contributed by atoms with E-state index in [1.165, 1.54) is 4.90 Å². The second kappa shape index (κ2) is 4.54. The van der Waals surface area contributed by atoms with Crippen LogP contribution in [0.25, 0.3) is 0 Å². The highest BCUT2D eigenvalue weighted by atomic mass is 19.4. The Morgan fingerprint density at radius 1 is 1.50 bits per heavy atom. The molecule has 0 aliphatic carbocycles. The molecule has 0 saturated heterocycles. The third-order valence-electron chi connectivity index (χ3n) is 1.94. The van der Waals surface area contributed by atoms with Crippen molar-refractivity contribution in [2.75, 3.05) is 18.5 Å². The van der Waals surface area contributed by atoms with Gasteiger partial charge < -0.3 is 4.90 Å². The first-order valence-electron chi connectivity index (χ1n) is 4.74. The fourth-order valence-electron chi connectivity index (χ4n) is 1.21. The maximum atomic E-state index is 12.4. The largest absolute Gasteiger partial charge is 0.433 e. The smallest absolute Gasteiger partial charge is 0.345 e.